The van der Waals surface area contributed by atoms with E-state index in [1.54, 1.807) is 18.2 Å². The van der Waals surface area contributed by atoms with Gasteiger partial charge in [0.1, 0.15) is 0 Å². The normalized spacial score (nSPS) is 10.8. The summed E-state index contributed by atoms with van der Waals surface area (Å²) in [5.74, 6) is -0.314. The Morgan fingerprint density at radius 1 is 1.00 bits per heavy atom. The number of carbonyl (C=O) groups is 1. The number of benzene rings is 3. The monoisotopic (exact) mass is 398 g/mol. The second kappa shape index (κ2) is 7.08. The van der Waals surface area contributed by atoms with Crippen LogP contribution in [0.15, 0.2) is 66.0 Å². The Bertz CT molecular complexity index is 1120. The minimum absolute atomic E-state index is 0.306. The zero-order valence-corrected chi connectivity index (χ0v) is 15.7. The second-order valence-corrected chi connectivity index (χ2v) is 7.34. The Morgan fingerprint density at radius 2 is 1.81 bits per heavy atom. The number of thiazole rings is 1. The zero-order valence-electron chi connectivity index (χ0n) is 13.4. The molecule has 6 heteroatoms. The molecule has 4 aromatic rings. The van der Waals surface area contributed by atoms with E-state index in [9.17, 15) is 4.79 Å². The van der Waals surface area contributed by atoms with Crippen LogP contribution in [0.1, 0.15) is 10.4 Å². The summed E-state index contributed by atoms with van der Waals surface area (Å²) in [5.41, 5.74) is 2.21. The fourth-order valence-corrected chi connectivity index (χ4v) is 3.94. The minimum atomic E-state index is -0.314. The molecule has 0 aliphatic carbocycles. The number of halogens is 2. The average molecular weight is 399 g/mol. The van der Waals surface area contributed by atoms with Gasteiger partial charge < -0.3 is 0 Å². The van der Waals surface area contributed by atoms with Gasteiger partial charge in [-0.1, -0.05) is 65.7 Å². The highest BCUT2D eigenvalue weighted by Crippen LogP contribution is 2.31. The molecule has 0 aliphatic heterocycles. The number of nitrogens with one attached hydrogen (secondary N) is 1. The lowest BCUT2D eigenvalue weighted by molar-refractivity contribution is 0.102. The molecule has 1 N–H and O–H groups in total. The quantitative estimate of drug-likeness (QED) is 0.426. The molecule has 3 nitrogen and oxygen atoms in total. The molecule has 4 rings (SSSR count). The van der Waals surface area contributed by atoms with E-state index in [2.05, 4.69) is 28.5 Å². The van der Waals surface area contributed by atoms with E-state index in [0.29, 0.717) is 20.7 Å². The molecule has 0 bridgehead atoms. The van der Waals surface area contributed by atoms with E-state index in [1.807, 2.05) is 29.6 Å². The number of hydrogen-bond donors (Lipinski definition) is 1. The van der Waals surface area contributed by atoms with Crippen LogP contribution in [-0.4, -0.2) is 10.9 Å². The molecule has 0 fully saturated rings. The lowest BCUT2D eigenvalue weighted by Crippen LogP contribution is -2.12. The third kappa shape index (κ3) is 3.31. The fourth-order valence-electron chi connectivity index (χ4n) is 2.74. The first-order chi connectivity index (χ1) is 12.6. The molecular formula is C20H12Cl2N2OS. The van der Waals surface area contributed by atoms with Gasteiger partial charge in [0.2, 0.25) is 0 Å². The lowest BCUT2D eigenvalue weighted by atomic mass is 10.0. The van der Waals surface area contributed by atoms with E-state index in [0.717, 1.165) is 22.0 Å². The van der Waals surface area contributed by atoms with Crippen LogP contribution in [0.3, 0.4) is 0 Å². The van der Waals surface area contributed by atoms with E-state index in [-0.39, 0.29) is 5.91 Å². The van der Waals surface area contributed by atoms with Crippen molar-refractivity contribution < 1.29 is 4.79 Å². The third-order valence-corrected chi connectivity index (χ3v) is 5.27. The predicted molar refractivity (Wildman–Crippen MR) is 109 cm³/mol. The number of anilines is 1. The SMILES string of the molecule is O=C(Nc1nc(-c2cccc3ccccc23)cs1)c1ccc(Cl)cc1Cl. The van der Waals surface area contributed by atoms with Crippen LogP contribution in [0.4, 0.5) is 5.13 Å². The van der Waals surface area contributed by atoms with Gasteiger partial charge >= 0.3 is 0 Å². The third-order valence-electron chi connectivity index (χ3n) is 3.97. The molecule has 1 heterocycles. The molecule has 0 saturated carbocycles. The largest absolute Gasteiger partial charge is 0.298 e. The van der Waals surface area contributed by atoms with Crippen LogP contribution in [-0.2, 0) is 0 Å². The summed E-state index contributed by atoms with van der Waals surface area (Å²) in [5, 5.41) is 8.31. The van der Waals surface area contributed by atoms with Gasteiger partial charge in [-0.2, -0.15) is 0 Å². The van der Waals surface area contributed by atoms with Crippen LogP contribution < -0.4 is 5.32 Å². The molecule has 3 aromatic carbocycles. The van der Waals surface area contributed by atoms with Crippen molar-refractivity contribution in [3.8, 4) is 11.3 Å². The van der Waals surface area contributed by atoms with Crippen molar-refractivity contribution >= 4 is 56.3 Å². The Labute approximate surface area is 164 Å². The van der Waals surface area contributed by atoms with Gasteiger partial charge in [0.25, 0.3) is 5.91 Å². The maximum absolute atomic E-state index is 12.4. The van der Waals surface area contributed by atoms with Crippen molar-refractivity contribution in [2.75, 3.05) is 5.32 Å². The van der Waals surface area contributed by atoms with Crippen LogP contribution in [0.2, 0.25) is 10.0 Å². The van der Waals surface area contributed by atoms with Crippen LogP contribution >= 0.6 is 34.5 Å². The van der Waals surface area contributed by atoms with Gasteiger partial charge in [-0.15, -0.1) is 11.3 Å². The first kappa shape index (κ1) is 17.0. The summed E-state index contributed by atoms with van der Waals surface area (Å²) in [7, 11) is 0. The summed E-state index contributed by atoms with van der Waals surface area (Å²) in [6.07, 6.45) is 0. The Balaban J connectivity index is 1.63. The molecule has 1 aromatic heterocycles. The highest BCUT2D eigenvalue weighted by Gasteiger charge is 2.14. The van der Waals surface area contributed by atoms with Gasteiger partial charge in [0.15, 0.2) is 5.13 Å². The molecule has 0 radical (unpaired) electrons. The summed E-state index contributed by atoms with van der Waals surface area (Å²) in [4.78, 5) is 17.0. The molecule has 0 atom stereocenters. The van der Waals surface area contributed by atoms with Gasteiger partial charge in [-0.05, 0) is 29.0 Å². The molecule has 0 unspecified atom stereocenters. The molecule has 0 saturated heterocycles. The van der Waals surface area contributed by atoms with Gasteiger partial charge in [0.05, 0.1) is 16.3 Å². The molecule has 1 amide bonds. The number of nitrogens with zero attached hydrogens (tertiary/aromatic N) is 1. The van der Waals surface area contributed by atoms with Crippen molar-refractivity contribution in [1.82, 2.24) is 4.98 Å². The van der Waals surface area contributed by atoms with E-state index in [4.69, 9.17) is 23.2 Å². The lowest BCUT2D eigenvalue weighted by Gasteiger charge is -2.05. The zero-order chi connectivity index (χ0) is 18.1. The van der Waals surface area contributed by atoms with Crippen LogP contribution in [0.25, 0.3) is 22.0 Å². The highest BCUT2D eigenvalue weighted by atomic mass is 35.5. The van der Waals surface area contributed by atoms with Crippen LogP contribution in [0, 0.1) is 0 Å². The minimum Gasteiger partial charge on any atom is -0.298 e. The Morgan fingerprint density at radius 3 is 2.65 bits per heavy atom. The first-order valence-corrected chi connectivity index (χ1v) is 9.45. The molecule has 26 heavy (non-hydrogen) atoms. The van der Waals surface area contributed by atoms with Crippen molar-refractivity contribution in [3.63, 3.8) is 0 Å². The Kier molecular flexibility index (Phi) is 4.64. The maximum Gasteiger partial charge on any atom is 0.258 e. The fraction of sp³-hybridized carbons (Fsp3) is 0. The standard InChI is InChI=1S/C20H12Cl2N2OS/c21-13-8-9-16(17(22)10-13)19(25)24-20-23-18(11-26-20)15-7-3-5-12-4-1-2-6-14(12)15/h1-11H,(H,23,24,25). The van der Waals surface area contributed by atoms with Gasteiger partial charge in [0, 0.05) is 16.0 Å². The van der Waals surface area contributed by atoms with Gasteiger partial charge in [-0.3, -0.25) is 10.1 Å². The number of carbonyl (C=O) groups excluding carboxylic acids is 1. The molecular weight excluding hydrogens is 387 g/mol. The second-order valence-electron chi connectivity index (χ2n) is 5.64. The van der Waals surface area contributed by atoms with Crippen LogP contribution in [0.5, 0.6) is 0 Å². The Hall–Kier alpha value is -2.40. The number of hydrogen-bond acceptors (Lipinski definition) is 3. The first-order valence-electron chi connectivity index (χ1n) is 7.82. The summed E-state index contributed by atoms with van der Waals surface area (Å²) >= 11 is 13.3. The van der Waals surface area contributed by atoms with E-state index >= 15 is 0 Å². The predicted octanol–water partition coefficient (Wildman–Crippen LogP) is 6.52. The number of fused-ring (bicyclic) bond motifs is 1. The average Bonchev–Trinajstić information content (AvgIpc) is 3.09. The summed E-state index contributed by atoms with van der Waals surface area (Å²) in [6.45, 7) is 0. The van der Waals surface area contributed by atoms with Crippen molar-refractivity contribution in [3.05, 3.63) is 81.7 Å². The number of rotatable bonds is 3. The van der Waals surface area contributed by atoms with E-state index in [1.165, 1.54) is 11.3 Å². The van der Waals surface area contributed by atoms with Crippen molar-refractivity contribution in [2.24, 2.45) is 0 Å². The van der Waals surface area contributed by atoms with Gasteiger partial charge in [-0.25, -0.2) is 4.98 Å². The molecule has 128 valence electrons. The smallest absolute Gasteiger partial charge is 0.258 e. The van der Waals surface area contributed by atoms with Crippen molar-refractivity contribution in [2.45, 2.75) is 0 Å². The number of amides is 1. The summed E-state index contributed by atoms with van der Waals surface area (Å²) in [6, 6.07) is 19.0. The molecule has 0 spiro atoms. The topological polar surface area (TPSA) is 42.0 Å². The number of aromatic nitrogens is 1. The maximum atomic E-state index is 12.4. The molecule has 0 aliphatic rings. The van der Waals surface area contributed by atoms with Crippen molar-refractivity contribution in [1.29, 1.82) is 0 Å². The van der Waals surface area contributed by atoms with E-state index < -0.39 is 0 Å². The summed E-state index contributed by atoms with van der Waals surface area (Å²) < 4.78 is 0. The highest BCUT2D eigenvalue weighted by molar-refractivity contribution is 7.14.